The van der Waals surface area contributed by atoms with E-state index in [1.165, 1.54) is 21.3 Å². The van der Waals surface area contributed by atoms with Crippen LogP contribution in [0.3, 0.4) is 0 Å². The highest BCUT2D eigenvalue weighted by Gasteiger charge is 2.16. The number of rotatable bonds is 5. The number of benzene rings is 1. The van der Waals surface area contributed by atoms with Crippen LogP contribution in [0.1, 0.15) is 15.9 Å². The Hall–Kier alpha value is -1.75. The predicted molar refractivity (Wildman–Crippen MR) is 61.6 cm³/mol. The van der Waals surface area contributed by atoms with Crippen molar-refractivity contribution in [2.24, 2.45) is 0 Å². The van der Waals surface area contributed by atoms with Gasteiger partial charge in [0.15, 0.2) is 11.5 Å². The van der Waals surface area contributed by atoms with Crippen LogP contribution in [0.15, 0.2) is 12.1 Å². The molecule has 0 fully saturated rings. The first-order valence-corrected chi connectivity index (χ1v) is 5.00. The van der Waals surface area contributed by atoms with Crippen molar-refractivity contribution in [1.82, 2.24) is 0 Å². The fourth-order valence-corrected chi connectivity index (χ4v) is 1.54. The van der Waals surface area contributed by atoms with E-state index in [1.807, 2.05) is 0 Å². The molecule has 0 aromatic heterocycles. The molecule has 0 amide bonds. The maximum atomic E-state index is 11.5. The van der Waals surface area contributed by atoms with Gasteiger partial charge in [-0.3, -0.25) is 0 Å². The average Bonchev–Trinajstić information content (AvgIpc) is 2.37. The summed E-state index contributed by atoms with van der Waals surface area (Å²) in [5, 5.41) is 0. The van der Waals surface area contributed by atoms with Crippen molar-refractivity contribution in [3.8, 4) is 11.5 Å². The molecule has 0 unspecified atom stereocenters. The lowest BCUT2D eigenvalue weighted by molar-refractivity contribution is 0.0600. The molecule has 0 saturated heterocycles. The molecule has 0 N–H and O–H groups in total. The molecule has 5 heteroatoms. The topological polar surface area (TPSA) is 54.0 Å². The molecule has 1 aromatic carbocycles. The Morgan fingerprint density at radius 2 is 1.82 bits per heavy atom. The molecule has 0 spiro atoms. The van der Waals surface area contributed by atoms with Crippen molar-refractivity contribution in [2.45, 2.75) is 6.61 Å². The zero-order chi connectivity index (χ0) is 12.8. The van der Waals surface area contributed by atoms with E-state index in [0.717, 1.165) is 5.56 Å². The second-order valence-corrected chi connectivity index (χ2v) is 3.30. The monoisotopic (exact) mass is 240 g/mol. The molecule has 0 aliphatic heterocycles. The smallest absolute Gasteiger partial charge is 0.337 e. The van der Waals surface area contributed by atoms with Gasteiger partial charge in [0.1, 0.15) is 0 Å². The summed E-state index contributed by atoms with van der Waals surface area (Å²) in [6.45, 7) is 0.324. The van der Waals surface area contributed by atoms with Crippen LogP contribution in [-0.2, 0) is 16.1 Å². The minimum atomic E-state index is -0.427. The van der Waals surface area contributed by atoms with E-state index in [9.17, 15) is 4.79 Å². The molecule has 0 aliphatic carbocycles. The summed E-state index contributed by atoms with van der Waals surface area (Å²) < 4.78 is 20.1. The minimum Gasteiger partial charge on any atom is -0.493 e. The Kier molecular flexibility index (Phi) is 4.78. The summed E-state index contributed by atoms with van der Waals surface area (Å²) in [7, 11) is 5.94. The maximum Gasteiger partial charge on any atom is 0.337 e. The quantitative estimate of drug-likeness (QED) is 0.732. The fraction of sp³-hybridized carbons (Fsp3) is 0.417. The number of ether oxygens (including phenoxy) is 4. The molecular formula is C12H16O5. The van der Waals surface area contributed by atoms with Crippen LogP contribution in [0, 0.1) is 0 Å². The highest BCUT2D eigenvalue weighted by molar-refractivity contribution is 5.90. The fourth-order valence-electron chi connectivity index (χ4n) is 1.54. The first-order chi connectivity index (χ1) is 8.17. The Balaban J connectivity index is 3.28. The van der Waals surface area contributed by atoms with Crippen LogP contribution in [0.2, 0.25) is 0 Å². The normalized spacial score (nSPS) is 9.88. The summed E-state index contributed by atoms with van der Waals surface area (Å²) in [6, 6.07) is 3.24. The number of hydrogen-bond donors (Lipinski definition) is 0. The minimum absolute atomic E-state index is 0.324. The number of esters is 1. The molecule has 1 rings (SSSR count). The number of methoxy groups -OCH3 is 4. The van der Waals surface area contributed by atoms with Gasteiger partial charge in [0.05, 0.1) is 33.5 Å². The third-order valence-electron chi connectivity index (χ3n) is 2.28. The average molecular weight is 240 g/mol. The molecule has 1 aromatic rings. The molecule has 0 aliphatic rings. The van der Waals surface area contributed by atoms with E-state index >= 15 is 0 Å². The third kappa shape index (κ3) is 2.88. The van der Waals surface area contributed by atoms with E-state index in [0.29, 0.717) is 23.7 Å². The van der Waals surface area contributed by atoms with Crippen molar-refractivity contribution in [2.75, 3.05) is 28.4 Å². The summed E-state index contributed by atoms with van der Waals surface area (Å²) in [6.07, 6.45) is 0. The lowest BCUT2D eigenvalue weighted by Gasteiger charge is -2.13. The number of hydrogen-bond acceptors (Lipinski definition) is 5. The summed E-state index contributed by atoms with van der Waals surface area (Å²) in [5.41, 5.74) is 1.13. The van der Waals surface area contributed by atoms with Gasteiger partial charge in [0.25, 0.3) is 0 Å². The second kappa shape index (κ2) is 6.10. The van der Waals surface area contributed by atoms with Gasteiger partial charge in [-0.05, 0) is 12.1 Å². The Labute approximate surface area is 100 Å². The van der Waals surface area contributed by atoms with Crippen molar-refractivity contribution in [3.05, 3.63) is 23.3 Å². The van der Waals surface area contributed by atoms with Gasteiger partial charge in [-0.2, -0.15) is 0 Å². The van der Waals surface area contributed by atoms with Crippen molar-refractivity contribution >= 4 is 5.97 Å². The van der Waals surface area contributed by atoms with E-state index < -0.39 is 5.97 Å². The molecule has 0 atom stereocenters. The van der Waals surface area contributed by atoms with Crippen LogP contribution >= 0.6 is 0 Å². The van der Waals surface area contributed by atoms with Gasteiger partial charge < -0.3 is 18.9 Å². The predicted octanol–water partition coefficient (Wildman–Crippen LogP) is 1.64. The Morgan fingerprint density at radius 3 is 2.29 bits per heavy atom. The standard InChI is InChI=1S/C12H16O5/c1-14-7-9-5-8(12(13)17-4)6-10(15-2)11(9)16-3/h5-6H,7H2,1-4H3. The molecule has 94 valence electrons. The van der Waals surface area contributed by atoms with E-state index in [2.05, 4.69) is 4.74 Å². The summed E-state index contributed by atoms with van der Waals surface area (Å²) in [5.74, 6) is 0.604. The van der Waals surface area contributed by atoms with Gasteiger partial charge in [-0.15, -0.1) is 0 Å². The van der Waals surface area contributed by atoms with Gasteiger partial charge in [0, 0.05) is 12.7 Å². The molecule has 5 nitrogen and oxygen atoms in total. The van der Waals surface area contributed by atoms with E-state index in [4.69, 9.17) is 14.2 Å². The second-order valence-electron chi connectivity index (χ2n) is 3.30. The van der Waals surface area contributed by atoms with Crippen molar-refractivity contribution < 1.29 is 23.7 Å². The molecule has 0 radical (unpaired) electrons. The third-order valence-corrected chi connectivity index (χ3v) is 2.28. The summed E-state index contributed by atoms with van der Waals surface area (Å²) >= 11 is 0. The number of carbonyl (C=O) groups excluding carboxylic acids is 1. The number of carbonyl (C=O) groups is 1. The Bertz CT molecular complexity index is 400. The van der Waals surface area contributed by atoms with Crippen molar-refractivity contribution in [3.63, 3.8) is 0 Å². The molecule has 0 bridgehead atoms. The highest BCUT2D eigenvalue weighted by atomic mass is 16.5. The molecular weight excluding hydrogens is 224 g/mol. The molecule has 17 heavy (non-hydrogen) atoms. The van der Waals surface area contributed by atoms with Crippen LogP contribution in [-0.4, -0.2) is 34.4 Å². The Morgan fingerprint density at radius 1 is 1.12 bits per heavy atom. The summed E-state index contributed by atoms with van der Waals surface area (Å²) in [4.78, 5) is 11.5. The lowest BCUT2D eigenvalue weighted by Crippen LogP contribution is -2.05. The zero-order valence-electron chi connectivity index (χ0n) is 10.4. The van der Waals surface area contributed by atoms with Crippen molar-refractivity contribution in [1.29, 1.82) is 0 Å². The molecule has 0 heterocycles. The van der Waals surface area contributed by atoms with Gasteiger partial charge in [-0.25, -0.2) is 4.79 Å². The van der Waals surface area contributed by atoms with Crippen LogP contribution in [0.5, 0.6) is 11.5 Å². The molecule has 0 saturated carbocycles. The first kappa shape index (κ1) is 13.3. The lowest BCUT2D eigenvalue weighted by atomic mass is 10.1. The SMILES string of the molecule is COCc1cc(C(=O)OC)cc(OC)c1OC. The zero-order valence-corrected chi connectivity index (χ0v) is 10.4. The van der Waals surface area contributed by atoms with E-state index in [1.54, 1.807) is 19.2 Å². The van der Waals surface area contributed by atoms with Crippen LogP contribution < -0.4 is 9.47 Å². The van der Waals surface area contributed by atoms with Gasteiger partial charge >= 0.3 is 5.97 Å². The first-order valence-electron chi connectivity index (χ1n) is 5.00. The van der Waals surface area contributed by atoms with Gasteiger partial charge in [0.2, 0.25) is 0 Å². The van der Waals surface area contributed by atoms with Crippen LogP contribution in [0.25, 0.3) is 0 Å². The van der Waals surface area contributed by atoms with E-state index in [-0.39, 0.29) is 0 Å². The largest absolute Gasteiger partial charge is 0.493 e. The highest BCUT2D eigenvalue weighted by Crippen LogP contribution is 2.33. The maximum absolute atomic E-state index is 11.5. The van der Waals surface area contributed by atoms with Gasteiger partial charge in [-0.1, -0.05) is 0 Å². The van der Waals surface area contributed by atoms with Crippen LogP contribution in [0.4, 0.5) is 0 Å².